The highest BCUT2D eigenvalue weighted by Crippen LogP contribution is 2.36. The monoisotopic (exact) mass is 554 g/mol. The number of aryl methyl sites for hydroxylation is 1. The summed E-state index contributed by atoms with van der Waals surface area (Å²) < 4.78 is 1.94. The second-order valence-electron chi connectivity index (χ2n) is 10.5. The molecular weight excluding hydrogens is 524 g/mol. The van der Waals surface area contributed by atoms with Crippen molar-refractivity contribution in [1.29, 1.82) is 0 Å². The number of hydrogen-bond donors (Lipinski definition) is 0. The van der Waals surface area contributed by atoms with Crippen LogP contribution in [0.2, 0.25) is 0 Å². The van der Waals surface area contributed by atoms with Crippen molar-refractivity contribution in [1.82, 2.24) is 14.8 Å². The Balaban J connectivity index is 1.27. The second kappa shape index (κ2) is 11.6. The maximum absolute atomic E-state index is 4.96. The van der Waals surface area contributed by atoms with E-state index in [-0.39, 0.29) is 0 Å². The van der Waals surface area contributed by atoms with Gasteiger partial charge in [-0.2, -0.15) is 0 Å². The Morgan fingerprint density at radius 2 is 0.907 bits per heavy atom. The van der Waals surface area contributed by atoms with Gasteiger partial charge in [0.25, 0.3) is 0 Å². The molecule has 0 unspecified atom stereocenters. The molecule has 0 radical (unpaired) electrons. The van der Waals surface area contributed by atoms with Crippen LogP contribution in [-0.4, -0.2) is 14.8 Å². The summed E-state index contributed by atoms with van der Waals surface area (Å²) in [4.78, 5) is 7.23. The largest absolute Gasteiger partial charge is 0.311 e. The lowest BCUT2D eigenvalue weighted by Gasteiger charge is -2.26. The highest BCUT2D eigenvalue weighted by molar-refractivity contribution is 5.79. The third kappa shape index (κ3) is 5.46. The van der Waals surface area contributed by atoms with Gasteiger partial charge in [-0.05, 0) is 66.6 Å². The lowest BCUT2D eigenvalue weighted by atomic mass is 10.0. The molecule has 0 aliphatic carbocycles. The van der Waals surface area contributed by atoms with E-state index in [4.69, 9.17) is 10.1 Å². The molecule has 7 rings (SSSR count). The zero-order valence-corrected chi connectivity index (χ0v) is 23.9. The second-order valence-corrected chi connectivity index (χ2v) is 10.5. The molecule has 0 spiro atoms. The van der Waals surface area contributed by atoms with Gasteiger partial charge in [-0.15, -0.1) is 5.10 Å². The molecule has 0 atom stereocenters. The Bertz CT molecular complexity index is 1930. The number of hydrogen-bond acceptors (Lipinski definition) is 3. The van der Waals surface area contributed by atoms with Gasteiger partial charge >= 0.3 is 0 Å². The summed E-state index contributed by atoms with van der Waals surface area (Å²) in [6, 6.07) is 56.7. The highest BCUT2D eigenvalue weighted by Gasteiger charge is 2.17. The van der Waals surface area contributed by atoms with Crippen LogP contribution >= 0.6 is 0 Å². The van der Waals surface area contributed by atoms with Crippen molar-refractivity contribution in [3.63, 3.8) is 0 Å². The molecule has 0 N–H and O–H groups in total. The van der Waals surface area contributed by atoms with Crippen LogP contribution in [0.15, 0.2) is 164 Å². The summed E-state index contributed by atoms with van der Waals surface area (Å²) in [6.07, 6.45) is 0. The average molecular weight is 555 g/mol. The molecule has 1 aromatic heterocycles. The highest BCUT2D eigenvalue weighted by atomic mass is 15.4. The fourth-order valence-corrected chi connectivity index (χ4v) is 5.29. The average Bonchev–Trinajstić information content (AvgIpc) is 3.53. The number of anilines is 3. The molecule has 0 saturated heterocycles. The molecule has 0 saturated carbocycles. The first-order valence-electron chi connectivity index (χ1n) is 14.4. The number of benzene rings is 6. The van der Waals surface area contributed by atoms with E-state index in [1.807, 2.05) is 59.3 Å². The summed E-state index contributed by atoms with van der Waals surface area (Å²) in [5.74, 6) is 1.50. The van der Waals surface area contributed by atoms with Gasteiger partial charge in [-0.3, -0.25) is 0 Å². The van der Waals surface area contributed by atoms with Crippen LogP contribution in [0.5, 0.6) is 0 Å². The Morgan fingerprint density at radius 1 is 0.442 bits per heavy atom. The van der Waals surface area contributed by atoms with E-state index in [0.717, 1.165) is 39.7 Å². The fraction of sp³-hybridized carbons (Fsp3) is 0.0256. The summed E-state index contributed by atoms with van der Waals surface area (Å²) >= 11 is 0. The Morgan fingerprint density at radius 3 is 1.49 bits per heavy atom. The smallest absolute Gasteiger partial charge is 0.182 e. The zero-order chi connectivity index (χ0) is 29.0. The van der Waals surface area contributed by atoms with Gasteiger partial charge in [0.1, 0.15) is 0 Å². The maximum Gasteiger partial charge on any atom is 0.182 e. The minimum atomic E-state index is 0.697. The molecule has 6 aromatic carbocycles. The minimum Gasteiger partial charge on any atom is -0.311 e. The Hall–Kier alpha value is -5.74. The van der Waals surface area contributed by atoms with Crippen molar-refractivity contribution in [2.75, 3.05) is 4.90 Å². The number of aromatic nitrogens is 3. The molecule has 0 aliphatic heterocycles. The molecule has 0 aliphatic rings. The van der Waals surface area contributed by atoms with Crippen LogP contribution in [0.4, 0.5) is 17.1 Å². The molecule has 0 fully saturated rings. The fourth-order valence-electron chi connectivity index (χ4n) is 5.29. The third-order valence-electron chi connectivity index (χ3n) is 7.55. The molecular formula is C39H30N4. The third-order valence-corrected chi connectivity index (χ3v) is 7.55. The van der Waals surface area contributed by atoms with Crippen LogP contribution in [0.1, 0.15) is 5.56 Å². The lowest BCUT2D eigenvalue weighted by Crippen LogP contribution is -2.10. The van der Waals surface area contributed by atoms with Crippen molar-refractivity contribution in [3.05, 3.63) is 169 Å². The van der Waals surface area contributed by atoms with Gasteiger partial charge in [-0.25, -0.2) is 9.67 Å². The topological polar surface area (TPSA) is 34.0 Å². The predicted molar refractivity (Wildman–Crippen MR) is 177 cm³/mol. The molecule has 206 valence electrons. The number of para-hydroxylation sites is 1. The van der Waals surface area contributed by atoms with E-state index in [2.05, 4.69) is 121 Å². The molecule has 0 amide bonds. The van der Waals surface area contributed by atoms with Crippen molar-refractivity contribution in [2.45, 2.75) is 6.92 Å². The number of rotatable bonds is 7. The van der Waals surface area contributed by atoms with E-state index < -0.39 is 0 Å². The Kier molecular flexibility index (Phi) is 7.08. The van der Waals surface area contributed by atoms with Crippen molar-refractivity contribution in [2.24, 2.45) is 0 Å². The van der Waals surface area contributed by atoms with Crippen LogP contribution in [0, 0.1) is 6.92 Å². The van der Waals surface area contributed by atoms with Gasteiger partial charge in [0.2, 0.25) is 0 Å². The SMILES string of the molecule is Cc1ccc(-c2ccc(N(c3ccccc3)c3ccc(-n4nc(-c5ccccc5)nc4-c4ccccc4)cc3)cc2)cc1. The standard InChI is InChI=1S/C39H30N4/c1-29-17-19-30(20-18-29)31-21-23-35(24-22-31)42(34-15-9-4-10-16-34)36-25-27-37(28-26-36)43-39(33-13-7-3-8-14-33)40-38(41-43)32-11-5-2-6-12-32/h2-28H,1H3. The van der Waals surface area contributed by atoms with E-state index in [9.17, 15) is 0 Å². The van der Waals surface area contributed by atoms with Gasteiger partial charge in [0, 0.05) is 28.2 Å². The van der Waals surface area contributed by atoms with Crippen LogP contribution in [0.3, 0.4) is 0 Å². The van der Waals surface area contributed by atoms with E-state index >= 15 is 0 Å². The summed E-state index contributed by atoms with van der Waals surface area (Å²) in [5.41, 5.74) is 9.85. The first-order valence-corrected chi connectivity index (χ1v) is 14.4. The lowest BCUT2D eigenvalue weighted by molar-refractivity contribution is 0.890. The van der Waals surface area contributed by atoms with E-state index in [0.29, 0.717) is 5.82 Å². The quantitative estimate of drug-likeness (QED) is 0.197. The minimum absolute atomic E-state index is 0.697. The zero-order valence-electron chi connectivity index (χ0n) is 23.9. The van der Waals surface area contributed by atoms with Crippen molar-refractivity contribution >= 4 is 17.1 Å². The van der Waals surface area contributed by atoms with Gasteiger partial charge in [0.15, 0.2) is 11.6 Å². The van der Waals surface area contributed by atoms with Gasteiger partial charge < -0.3 is 4.90 Å². The van der Waals surface area contributed by atoms with Crippen LogP contribution < -0.4 is 4.90 Å². The van der Waals surface area contributed by atoms with Gasteiger partial charge in [0.05, 0.1) is 5.69 Å². The first kappa shape index (κ1) is 26.2. The molecule has 43 heavy (non-hydrogen) atoms. The van der Waals surface area contributed by atoms with E-state index in [1.165, 1.54) is 16.7 Å². The van der Waals surface area contributed by atoms with Crippen LogP contribution in [-0.2, 0) is 0 Å². The molecule has 7 aromatic rings. The molecule has 0 bridgehead atoms. The Labute approximate surface area is 252 Å². The predicted octanol–water partition coefficient (Wildman–Crippen LogP) is 10.0. The van der Waals surface area contributed by atoms with E-state index in [1.54, 1.807) is 0 Å². The summed E-state index contributed by atoms with van der Waals surface area (Å²) in [6.45, 7) is 2.11. The summed E-state index contributed by atoms with van der Waals surface area (Å²) in [7, 11) is 0. The first-order chi connectivity index (χ1) is 21.2. The van der Waals surface area contributed by atoms with Crippen LogP contribution in [0.25, 0.3) is 39.6 Å². The molecule has 4 nitrogen and oxygen atoms in total. The van der Waals surface area contributed by atoms with Crippen molar-refractivity contribution < 1.29 is 0 Å². The van der Waals surface area contributed by atoms with Gasteiger partial charge in [-0.1, -0.05) is 121 Å². The number of nitrogens with zero attached hydrogens (tertiary/aromatic N) is 4. The summed E-state index contributed by atoms with van der Waals surface area (Å²) in [5, 5.41) is 4.95. The molecule has 1 heterocycles. The maximum atomic E-state index is 4.96. The van der Waals surface area contributed by atoms with Crippen molar-refractivity contribution in [3.8, 4) is 39.6 Å². The normalized spacial score (nSPS) is 10.9. The molecule has 4 heteroatoms.